The molecule has 1 aromatic rings. The zero-order valence-corrected chi connectivity index (χ0v) is 8.98. The number of nitrogens with zero attached hydrogens (tertiary/aromatic N) is 2. The Morgan fingerprint density at radius 2 is 2.60 bits per heavy atom. The van der Waals surface area contributed by atoms with Crippen LogP contribution in [0.25, 0.3) is 0 Å². The molecule has 0 N–H and O–H groups in total. The molecular weight excluding hydrogens is 192 g/mol. The number of carbonyl (C=O) groups is 1. The van der Waals surface area contributed by atoms with Crippen molar-refractivity contribution in [2.75, 3.05) is 6.61 Å². The first-order valence-electron chi connectivity index (χ1n) is 5.47. The average Bonchev–Trinajstić information content (AvgIpc) is 2.88. The van der Waals surface area contributed by atoms with Crippen molar-refractivity contribution >= 4 is 5.78 Å². The maximum Gasteiger partial charge on any atom is 0.165 e. The maximum absolute atomic E-state index is 11.4. The van der Waals surface area contributed by atoms with E-state index in [2.05, 4.69) is 5.10 Å². The summed E-state index contributed by atoms with van der Waals surface area (Å²) in [4.78, 5) is 11.4. The van der Waals surface area contributed by atoms with E-state index in [9.17, 15) is 4.79 Å². The van der Waals surface area contributed by atoms with Crippen molar-refractivity contribution in [2.45, 2.75) is 38.8 Å². The van der Waals surface area contributed by atoms with Crippen molar-refractivity contribution < 1.29 is 9.53 Å². The number of Topliss-reactive ketones (excluding diaryl/α,β-unsaturated/α-hetero) is 1. The molecule has 15 heavy (non-hydrogen) atoms. The standard InChI is InChI=1S/C11H16N2O2/c1-2-11(14)9-6-12-13(7-9)8-10-4-3-5-15-10/h6-7,10H,2-5,8H2,1H3. The van der Waals surface area contributed by atoms with Gasteiger partial charge in [0.15, 0.2) is 5.78 Å². The minimum absolute atomic E-state index is 0.147. The van der Waals surface area contributed by atoms with Gasteiger partial charge in [-0.2, -0.15) is 5.10 Å². The molecule has 1 fully saturated rings. The monoisotopic (exact) mass is 208 g/mol. The Kier molecular flexibility index (Phi) is 3.16. The van der Waals surface area contributed by atoms with Crippen molar-refractivity contribution in [3.8, 4) is 0 Å². The molecule has 0 amide bonds. The van der Waals surface area contributed by atoms with Gasteiger partial charge in [-0.05, 0) is 12.8 Å². The number of ether oxygens (including phenoxy) is 1. The molecule has 1 aliphatic heterocycles. The smallest absolute Gasteiger partial charge is 0.165 e. The summed E-state index contributed by atoms with van der Waals surface area (Å²) in [5.41, 5.74) is 0.704. The van der Waals surface area contributed by atoms with E-state index in [0.29, 0.717) is 12.0 Å². The third-order valence-corrected chi connectivity index (χ3v) is 2.69. The molecule has 1 atom stereocenters. The van der Waals surface area contributed by atoms with E-state index < -0.39 is 0 Å². The topological polar surface area (TPSA) is 44.1 Å². The van der Waals surface area contributed by atoms with Crippen LogP contribution in [-0.2, 0) is 11.3 Å². The SMILES string of the molecule is CCC(=O)c1cnn(CC2CCCO2)c1. The van der Waals surface area contributed by atoms with Gasteiger partial charge in [0.2, 0.25) is 0 Å². The summed E-state index contributed by atoms with van der Waals surface area (Å²) in [7, 11) is 0. The van der Waals surface area contributed by atoms with Crippen LogP contribution in [0.3, 0.4) is 0 Å². The van der Waals surface area contributed by atoms with Crippen LogP contribution in [0.5, 0.6) is 0 Å². The predicted molar refractivity (Wildman–Crippen MR) is 55.8 cm³/mol. The molecule has 0 aromatic carbocycles. The van der Waals surface area contributed by atoms with Crippen LogP contribution in [0.1, 0.15) is 36.5 Å². The Balaban J connectivity index is 1.97. The van der Waals surface area contributed by atoms with Crippen LogP contribution in [0.2, 0.25) is 0 Å². The van der Waals surface area contributed by atoms with Crippen molar-refractivity contribution in [3.05, 3.63) is 18.0 Å². The van der Waals surface area contributed by atoms with E-state index in [1.54, 1.807) is 10.9 Å². The van der Waals surface area contributed by atoms with Crippen molar-refractivity contribution in [2.24, 2.45) is 0 Å². The highest BCUT2D eigenvalue weighted by Crippen LogP contribution is 2.14. The predicted octanol–water partition coefficient (Wildman–Crippen LogP) is 1.65. The number of hydrogen-bond acceptors (Lipinski definition) is 3. The maximum atomic E-state index is 11.4. The molecule has 4 nitrogen and oxygen atoms in total. The summed E-state index contributed by atoms with van der Waals surface area (Å²) in [6.45, 7) is 3.48. The summed E-state index contributed by atoms with van der Waals surface area (Å²) in [5.74, 6) is 0.147. The molecule has 1 aromatic heterocycles. The largest absolute Gasteiger partial charge is 0.376 e. The van der Waals surface area contributed by atoms with E-state index in [0.717, 1.165) is 26.0 Å². The number of carbonyl (C=O) groups excluding carboxylic acids is 1. The Labute approximate surface area is 89.2 Å². The first-order valence-corrected chi connectivity index (χ1v) is 5.47. The Morgan fingerprint density at radius 1 is 1.73 bits per heavy atom. The normalized spacial score (nSPS) is 20.7. The molecule has 1 saturated heterocycles. The summed E-state index contributed by atoms with van der Waals surface area (Å²) in [5, 5.41) is 4.16. The van der Waals surface area contributed by atoms with Crippen molar-refractivity contribution in [3.63, 3.8) is 0 Å². The molecule has 0 saturated carbocycles. The summed E-state index contributed by atoms with van der Waals surface area (Å²) in [6, 6.07) is 0. The van der Waals surface area contributed by atoms with Gasteiger partial charge in [0, 0.05) is 19.2 Å². The average molecular weight is 208 g/mol. The second kappa shape index (κ2) is 4.57. The van der Waals surface area contributed by atoms with Crippen molar-refractivity contribution in [1.82, 2.24) is 9.78 Å². The van der Waals surface area contributed by atoms with Crippen LogP contribution in [0, 0.1) is 0 Å². The quantitative estimate of drug-likeness (QED) is 0.707. The van der Waals surface area contributed by atoms with Gasteiger partial charge >= 0.3 is 0 Å². The lowest BCUT2D eigenvalue weighted by molar-refractivity contribution is 0.0936. The lowest BCUT2D eigenvalue weighted by Crippen LogP contribution is -2.15. The van der Waals surface area contributed by atoms with Gasteiger partial charge in [0.05, 0.1) is 24.4 Å². The van der Waals surface area contributed by atoms with Crippen LogP contribution < -0.4 is 0 Å². The fraction of sp³-hybridized carbons (Fsp3) is 0.636. The van der Waals surface area contributed by atoms with Gasteiger partial charge in [0.25, 0.3) is 0 Å². The fourth-order valence-electron chi connectivity index (χ4n) is 1.81. The molecule has 0 bridgehead atoms. The van der Waals surface area contributed by atoms with E-state index in [-0.39, 0.29) is 11.9 Å². The molecule has 1 unspecified atom stereocenters. The summed E-state index contributed by atoms with van der Waals surface area (Å²) < 4.78 is 7.31. The van der Waals surface area contributed by atoms with Crippen molar-refractivity contribution in [1.29, 1.82) is 0 Å². The number of rotatable bonds is 4. The molecule has 1 aliphatic rings. The molecule has 0 spiro atoms. The number of ketones is 1. The highest BCUT2D eigenvalue weighted by Gasteiger charge is 2.16. The van der Waals surface area contributed by atoms with E-state index in [1.807, 2.05) is 13.1 Å². The lowest BCUT2D eigenvalue weighted by atomic mass is 10.2. The summed E-state index contributed by atoms with van der Waals surface area (Å²) >= 11 is 0. The van der Waals surface area contributed by atoms with Crippen LogP contribution in [0.4, 0.5) is 0 Å². The second-order valence-electron chi connectivity index (χ2n) is 3.86. The molecule has 4 heteroatoms. The number of hydrogen-bond donors (Lipinski definition) is 0. The second-order valence-corrected chi connectivity index (χ2v) is 3.86. The molecule has 0 aliphatic carbocycles. The fourth-order valence-corrected chi connectivity index (χ4v) is 1.81. The zero-order chi connectivity index (χ0) is 10.7. The minimum Gasteiger partial charge on any atom is -0.376 e. The van der Waals surface area contributed by atoms with E-state index in [4.69, 9.17) is 4.74 Å². The molecule has 0 radical (unpaired) electrons. The van der Waals surface area contributed by atoms with Gasteiger partial charge in [0.1, 0.15) is 0 Å². The Hall–Kier alpha value is -1.16. The zero-order valence-electron chi connectivity index (χ0n) is 8.98. The minimum atomic E-state index is 0.147. The third-order valence-electron chi connectivity index (χ3n) is 2.69. The number of aromatic nitrogens is 2. The van der Waals surface area contributed by atoms with Gasteiger partial charge in [-0.25, -0.2) is 0 Å². The molecule has 82 valence electrons. The van der Waals surface area contributed by atoms with Crippen LogP contribution in [0.15, 0.2) is 12.4 Å². The first-order chi connectivity index (χ1) is 7.29. The first kappa shape index (κ1) is 10.4. The van der Waals surface area contributed by atoms with Crippen LogP contribution in [-0.4, -0.2) is 28.3 Å². The lowest BCUT2D eigenvalue weighted by Gasteiger charge is -2.08. The van der Waals surface area contributed by atoms with Gasteiger partial charge in [-0.15, -0.1) is 0 Å². The van der Waals surface area contributed by atoms with Crippen LogP contribution >= 0.6 is 0 Å². The Bertz CT molecular complexity index is 340. The highest BCUT2D eigenvalue weighted by molar-refractivity contribution is 5.95. The van der Waals surface area contributed by atoms with E-state index >= 15 is 0 Å². The summed E-state index contributed by atoms with van der Waals surface area (Å²) in [6.07, 6.45) is 6.48. The highest BCUT2D eigenvalue weighted by atomic mass is 16.5. The third kappa shape index (κ3) is 2.45. The van der Waals surface area contributed by atoms with E-state index in [1.165, 1.54) is 0 Å². The molecule has 2 rings (SSSR count). The molecular formula is C11H16N2O2. The Morgan fingerprint density at radius 3 is 3.27 bits per heavy atom. The van der Waals surface area contributed by atoms with Gasteiger partial charge < -0.3 is 4.74 Å². The molecule has 2 heterocycles. The van der Waals surface area contributed by atoms with Gasteiger partial charge in [-0.1, -0.05) is 6.92 Å². The van der Waals surface area contributed by atoms with Gasteiger partial charge in [-0.3, -0.25) is 9.48 Å².